The van der Waals surface area contributed by atoms with Crippen molar-refractivity contribution in [2.45, 2.75) is 52.7 Å². The van der Waals surface area contributed by atoms with E-state index >= 15 is 0 Å². The van der Waals surface area contributed by atoms with Gasteiger partial charge < -0.3 is 5.32 Å². The van der Waals surface area contributed by atoms with Crippen LogP contribution < -0.4 is 5.32 Å². The molecule has 34 heavy (non-hydrogen) atoms. The van der Waals surface area contributed by atoms with Crippen LogP contribution in [0.25, 0.3) is 5.69 Å². The molecule has 0 radical (unpaired) electrons. The molecular weight excluding hydrogens is 442 g/mol. The Labute approximate surface area is 207 Å². The highest BCUT2D eigenvalue weighted by Crippen LogP contribution is 2.20. The summed E-state index contributed by atoms with van der Waals surface area (Å²) in [7, 11) is 0. The van der Waals surface area contributed by atoms with Gasteiger partial charge in [0, 0.05) is 37.2 Å². The zero-order valence-corrected chi connectivity index (χ0v) is 21.2. The maximum atomic E-state index is 12.6. The molecule has 1 amide bonds. The van der Waals surface area contributed by atoms with Crippen LogP contribution in [0.15, 0.2) is 60.7 Å². The van der Waals surface area contributed by atoms with Gasteiger partial charge in [0.05, 0.1) is 6.67 Å². The van der Waals surface area contributed by atoms with Crippen LogP contribution in [-0.4, -0.2) is 44.3 Å². The minimum Gasteiger partial charge on any atom is -0.353 e. The zero-order valence-electron chi connectivity index (χ0n) is 20.4. The summed E-state index contributed by atoms with van der Waals surface area (Å²) < 4.78 is 4.71. The molecule has 4 rings (SSSR count). The second-order valence-electron chi connectivity index (χ2n) is 9.61. The third-order valence-corrected chi connectivity index (χ3v) is 7.18. The fraction of sp³-hybridized carbons (Fsp3) is 0.444. The molecule has 2 heterocycles. The Morgan fingerprint density at radius 1 is 1.03 bits per heavy atom. The highest BCUT2D eigenvalue weighted by molar-refractivity contribution is 7.71. The van der Waals surface area contributed by atoms with Gasteiger partial charge in [-0.3, -0.25) is 14.3 Å². The van der Waals surface area contributed by atoms with Gasteiger partial charge in [-0.1, -0.05) is 62.4 Å². The van der Waals surface area contributed by atoms with Gasteiger partial charge in [-0.15, -0.1) is 0 Å². The third kappa shape index (κ3) is 5.83. The number of hydrogen-bond acceptors (Lipinski definition) is 4. The molecular formula is C27H35N5OS. The van der Waals surface area contributed by atoms with E-state index in [0.29, 0.717) is 23.8 Å². The van der Waals surface area contributed by atoms with Crippen LogP contribution in [0.5, 0.6) is 0 Å². The normalized spacial score (nSPS) is 16.0. The minimum absolute atomic E-state index is 0.0842. The second kappa shape index (κ2) is 11.1. The van der Waals surface area contributed by atoms with E-state index in [2.05, 4.69) is 72.0 Å². The molecule has 1 fully saturated rings. The van der Waals surface area contributed by atoms with Crippen molar-refractivity contribution in [3.8, 4) is 5.69 Å². The molecule has 1 aromatic heterocycles. The molecule has 1 atom stereocenters. The van der Waals surface area contributed by atoms with Crippen molar-refractivity contribution in [3.63, 3.8) is 0 Å². The molecule has 1 N–H and O–H groups in total. The summed E-state index contributed by atoms with van der Waals surface area (Å²) in [5.41, 5.74) is 2.23. The van der Waals surface area contributed by atoms with E-state index in [1.54, 1.807) is 0 Å². The van der Waals surface area contributed by atoms with Crippen molar-refractivity contribution in [1.82, 2.24) is 24.6 Å². The maximum Gasteiger partial charge on any atom is 0.223 e. The van der Waals surface area contributed by atoms with Gasteiger partial charge in [0.1, 0.15) is 5.82 Å². The van der Waals surface area contributed by atoms with Crippen molar-refractivity contribution < 1.29 is 4.79 Å². The molecule has 1 aliphatic rings. The van der Waals surface area contributed by atoms with E-state index in [1.807, 2.05) is 28.9 Å². The number of likely N-dealkylation sites (tertiary alicyclic amines) is 1. The molecule has 180 valence electrons. The minimum atomic E-state index is 0.0842. The number of carbonyl (C=O) groups is 1. The number of piperidine rings is 1. The third-order valence-electron chi connectivity index (χ3n) is 6.79. The van der Waals surface area contributed by atoms with Gasteiger partial charge in [0.25, 0.3) is 0 Å². The summed E-state index contributed by atoms with van der Waals surface area (Å²) in [4.78, 5) is 15.0. The van der Waals surface area contributed by atoms with E-state index < -0.39 is 0 Å². The number of benzene rings is 2. The topological polar surface area (TPSA) is 55.1 Å². The first-order valence-electron chi connectivity index (χ1n) is 12.2. The number of amides is 1. The van der Waals surface area contributed by atoms with Crippen LogP contribution in [-0.2, 0) is 17.9 Å². The average molecular weight is 478 g/mol. The van der Waals surface area contributed by atoms with Gasteiger partial charge in [-0.2, -0.15) is 5.10 Å². The SMILES string of the molecule is CC(C)C(C)NC(=O)C1CCN(Cn2nc(Cc3ccccc3)n(-c3ccccc3)c2=S)CC1. The molecule has 7 heteroatoms. The Balaban J connectivity index is 1.48. The molecule has 0 bridgehead atoms. The van der Waals surface area contributed by atoms with E-state index in [0.717, 1.165) is 37.4 Å². The number of para-hydroxylation sites is 1. The number of aromatic nitrogens is 3. The molecule has 1 unspecified atom stereocenters. The van der Waals surface area contributed by atoms with Gasteiger partial charge in [-0.25, -0.2) is 4.68 Å². The quantitative estimate of drug-likeness (QED) is 0.473. The number of rotatable bonds is 8. The highest BCUT2D eigenvalue weighted by atomic mass is 32.1. The number of hydrogen-bond donors (Lipinski definition) is 1. The van der Waals surface area contributed by atoms with Crippen molar-refractivity contribution in [1.29, 1.82) is 0 Å². The molecule has 1 saturated heterocycles. The van der Waals surface area contributed by atoms with Crippen LogP contribution in [0.4, 0.5) is 0 Å². The predicted octanol–water partition coefficient (Wildman–Crippen LogP) is 4.82. The molecule has 2 aromatic carbocycles. The fourth-order valence-corrected chi connectivity index (χ4v) is 4.62. The first-order valence-corrected chi connectivity index (χ1v) is 12.6. The van der Waals surface area contributed by atoms with Crippen LogP contribution >= 0.6 is 12.2 Å². The summed E-state index contributed by atoms with van der Waals surface area (Å²) in [6.45, 7) is 8.71. The van der Waals surface area contributed by atoms with Crippen LogP contribution in [0.1, 0.15) is 45.0 Å². The maximum absolute atomic E-state index is 12.6. The summed E-state index contributed by atoms with van der Waals surface area (Å²) >= 11 is 5.89. The first-order chi connectivity index (χ1) is 16.4. The predicted molar refractivity (Wildman–Crippen MR) is 138 cm³/mol. The summed E-state index contributed by atoms with van der Waals surface area (Å²) in [6.07, 6.45) is 2.43. The molecule has 1 aliphatic heterocycles. The van der Waals surface area contributed by atoms with Crippen LogP contribution in [0, 0.1) is 16.6 Å². The largest absolute Gasteiger partial charge is 0.353 e. The Kier molecular flexibility index (Phi) is 7.95. The molecule has 3 aromatic rings. The van der Waals surface area contributed by atoms with E-state index in [1.165, 1.54) is 5.56 Å². The monoisotopic (exact) mass is 477 g/mol. The molecule has 0 saturated carbocycles. The van der Waals surface area contributed by atoms with Gasteiger partial charge >= 0.3 is 0 Å². The van der Waals surface area contributed by atoms with Gasteiger partial charge in [0.15, 0.2) is 0 Å². The molecule has 0 spiro atoms. The van der Waals surface area contributed by atoms with Crippen LogP contribution in [0.3, 0.4) is 0 Å². The molecule has 0 aliphatic carbocycles. The lowest BCUT2D eigenvalue weighted by atomic mass is 9.95. The van der Waals surface area contributed by atoms with Crippen molar-refractivity contribution in [3.05, 3.63) is 76.8 Å². The standard InChI is InChI=1S/C27H35N5OS/c1-20(2)21(3)28-26(33)23-14-16-30(17-15-23)19-31-27(34)32(24-12-8-5-9-13-24)25(29-31)18-22-10-6-4-7-11-22/h4-13,20-21,23H,14-19H2,1-3H3,(H,28,33). The summed E-state index contributed by atoms with van der Waals surface area (Å²) in [5.74, 6) is 1.65. The highest BCUT2D eigenvalue weighted by Gasteiger charge is 2.27. The van der Waals surface area contributed by atoms with Gasteiger partial charge in [0.2, 0.25) is 10.7 Å². The Morgan fingerprint density at radius 3 is 2.26 bits per heavy atom. The molecule has 6 nitrogen and oxygen atoms in total. The lowest BCUT2D eigenvalue weighted by Crippen LogP contribution is -2.44. The van der Waals surface area contributed by atoms with E-state index in [4.69, 9.17) is 17.3 Å². The number of carbonyl (C=O) groups excluding carboxylic acids is 1. The van der Waals surface area contributed by atoms with Crippen molar-refractivity contribution >= 4 is 18.1 Å². The second-order valence-corrected chi connectivity index (χ2v) is 9.97. The first kappa shape index (κ1) is 24.4. The number of nitrogens with zero attached hydrogens (tertiary/aromatic N) is 4. The Hall–Kier alpha value is -2.77. The van der Waals surface area contributed by atoms with Gasteiger partial charge in [-0.05, 0) is 55.6 Å². The van der Waals surface area contributed by atoms with Crippen LogP contribution in [0.2, 0.25) is 0 Å². The fourth-order valence-electron chi connectivity index (χ4n) is 4.31. The van der Waals surface area contributed by atoms with E-state index in [-0.39, 0.29) is 17.9 Å². The summed E-state index contributed by atoms with van der Waals surface area (Å²) in [6, 6.07) is 20.8. The lowest BCUT2D eigenvalue weighted by Gasteiger charge is -2.32. The lowest BCUT2D eigenvalue weighted by molar-refractivity contribution is -0.127. The zero-order chi connectivity index (χ0) is 24.1. The van der Waals surface area contributed by atoms with Crippen molar-refractivity contribution in [2.75, 3.05) is 13.1 Å². The smallest absolute Gasteiger partial charge is 0.223 e. The Bertz CT molecular complexity index is 1130. The summed E-state index contributed by atoms with van der Waals surface area (Å²) in [5, 5.41) is 8.12. The average Bonchev–Trinajstić information content (AvgIpc) is 3.14. The Morgan fingerprint density at radius 2 is 1.65 bits per heavy atom. The van der Waals surface area contributed by atoms with E-state index in [9.17, 15) is 4.79 Å². The van der Waals surface area contributed by atoms with Crippen molar-refractivity contribution in [2.24, 2.45) is 11.8 Å². The number of nitrogens with one attached hydrogen (secondary N) is 1.